The quantitative estimate of drug-likeness (QED) is 0.789. The van der Waals surface area contributed by atoms with Gasteiger partial charge in [0, 0.05) is 19.0 Å². The summed E-state index contributed by atoms with van der Waals surface area (Å²) in [4.78, 5) is 14.6. The Labute approximate surface area is 123 Å². The Bertz CT molecular complexity index is 373. The van der Waals surface area contributed by atoms with Crippen LogP contribution in [-0.2, 0) is 4.79 Å². The molecule has 1 aliphatic heterocycles. The van der Waals surface area contributed by atoms with Crippen molar-refractivity contribution in [3.8, 4) is 0 Å². The Kier molecular flexibility index (Phi) is 4.90. The van der Waals surface area contributed by atoms with E-state index in [2.05, 4.69) is 31.7 Å². The van der Waals surface area contributed by atoms with Crippen LogP contribution in [0.5, 0.6) is 0 Å². The molecule has 3 nitrogen and oxygen atoms in total. The van der Waals surface area contributed by atoms with Crippen molar-refractivity contribution in [2.24, 2.45) is 23.0 Å². The number of hydrogen-bond acceptors (Lipinski definition) is 2. The lowest BCUT2D eigenvalue weighted by molar-refractivity contribution is -0.136. The van der Waals surface area contributed by atoms with E-state index in [4.69, 9.17) is 5.73 Å². The van der Waals surface area contributed by atoms with Crippen molar-refractivity contribution < 1.29 is 4.79 Å². The average Bonchev–Trinajstić information content (AvgIpc) is 2.46. The minimum atomic E-state index is 0.244. The standard InChI is InChI=1S/C17H30N2O/c1-17(2,3)15-8-10-19(11-9-15)16(20)14-6-4-13(12-18)5-7-14/h8,13-14H,4-7,9-12,18H2,1-3H3. The van der Waals surface area contributed by atoms with Crippen LogP contribution in [-0.4, -0.2) is 30.4 Å². The molecule has 3 heteroatoms. The maximum atomic E-state index is 12.6. The average molecular weight is 278 g/mol. The van der Waals surface area contributed by atoms with Gasteiger partial charge in [-0.05, 0) is 50.0 Å². The Morgan fingerprint density at radius 1 is 1.30 bits per heavy atom. The second kappa shape index (κ2) is 6.30. The zero-order chi connectivity index (χ0) is 14.8. The van der Waals surface area contributed by atoms with Crippen LogP contribution in [0, 0.1) is 17.3 Å². The summed E-state index contributed by atoms with van der Waals surface area (Å²) >= 11 is 0. The molecule has 0 aromatic rings. The van der Waals surface area contributed by atoms with E-state index in [1.165, 1.54) is 5.57 Å². The number of hydrogen-bond donors (Lipinski definition) is 1. The summed E-state index contributed by atoms with van der Waals surface area (Å²) in [5, 5.41) is 0. The SMILES string of the molecule is CC(C)(C)C1=CCN(C(=O)C2CCC(CN)CC2)CC1. The van der Waals surface area contributed by atoms with Crippen molar-refractivity contribution in [3.05, 3.63) is 11.6 Å². The van der Waals surface area contributed by atoms with Crippen LogP contribution >= 0.6 is 0 Å². The van der Waals surface area contributed by atoms with Gasteiger partial charge >= 0.3 is 0 Å². The van der Waals surface area contributed by atoms with Crippen molar-refractivity contribution >= 4 is 5.91 Å². The van der Waals surface area contributed by atoms with E-state index in [1.807, 2.05) is 0 Å². The first-order valence-electron chi connectivity index (χ1n) is 8.10. The zero-order valence-electron chi connectivity index (χ0n) is 13.3. The molecular weight excluding hydrogens is 248 g/mol. The third kappa shape index (κ3) is 3.63. The molecule has 2 rings (SSSR count). The summed E-state index contributed by atoms with van der Waals surface area (Å²) < 4.78 is 0. The van der Waals surface area contributed by atoms with Gasteiger partial charge in [0.05, 0.1) is 0 Å². The summed E-state index contributed by atoms with van der Waals surface area (Å²) in [5.74, 6) is 1.28. The van der Waals surface area contributed by atoms with Gasteiger partial charge in [-0.15, -0.1) is 0 Å². The van der Waals surface area contributed by atoms with Gasteiger partial charge in [-0.25, -0.2) is 0 Å². The lowest BCUT2D eigenvalue weighted by Gasteiger charge is -2.35. The normalized spacial score (nSPS) is 28.2. The van der Waals surface area contributed by atoms with Crippen LogP contribution in [0.1, 0.15) is 52.9 Å². The van der Waals surface area contributed by atoms with E-state index in [-0.39, 0.29) is 11.3 Å². The zero-order valence-corrected chi connectivity index (χ0v) is 13.3. The Hall–Kier alpha value is -0.830. The maximum absolute atomic E-state index is 12.6. The van der Waals surface area contributed by atoms with Gasteiger partial charge in [0.1, 0.15) is 0 Å². The largest absolute Gasteiger partial charge is 0.338 e. The fourth-order valence-corrected chi connectivity index (χ4v) is 3.45. The highest BCUT2D eigenvalue weighted by Gasteiger charge is 2.30. The van der Waals surface area contributed by atoms with Crippen molar-refractivity contribution in [2.75, 3.05) is 19.6 Å². The molecule has 0 atom stereocenters. The van der Waals surface area contributed by atoms with Gasteiger partial charge in [-0.1, -0.05) is 32.4 Å². The topological polar surface area (TPSA) is 46.3 Å². The summed E-state index contributed by atoms with van der Waals surface area (Å²) in [6.07, 6.45) is 7.63. The first-order chi connectivity index (χ1) is 9.41. The molecule has 0 radical (unpaired) electrons. The van der Waals surface area contributed by atoms with E-state index in [9.17, 15) is 4.79 Å². The van der Waals surface area contributed by atoms with Crippen molar-refractivity contribution in [3.63, 3.8) is 0 Å². The van der Waals surface area contributed by atoms with Gasteiger partial charge in [0.15, 0.2) is 0 Å². The first-order valence-corrected chi connectivity index (χ1v) is 8.10. The fourth-order valence-electron chi connectivity index (χ4n) is 3.45. The van der Waals surface area contributed by atoms with E-state index in [1.54, 1.807) is 0 Å². The number of nitrogens with zero attached hydrogens (tertiary/aromatic N) is 1. The molecule has 2 N–H and O–H groups in total. The molecule has 2 aliphatic rings. The molecule has 0 bridgehead atoms. The predicted molar refractivity (Wildman–Crippen MR) is 83.2 cm³/mol. The van der Waals surface area contributed by atoms with Crippen molar-refractivity contribution in [1.82, 2.24) is 4.90 Å². The molecule has 0 saturated heterocycles. The van der Waals surface area contributed by atoms with Crippen molar-refractivity contribution in [2.45, 2.75) is 52.9 Å². The molecule has 1 fully saturated rings. The second-order valence-corrected chi connectivity index (χ2v) is 7.47. The highest BCUT2D eigenvalue weighted by Crippen LogP contribution is 2.33. The number of carbonyl (C=O) groups excluding carboxylic acids is 1. The van der Waals surface area contributed by atoms with Crippen LogP contribution in [0.3, 0.4) is 0 Å². The van der Waals surface area contributed by atoms with E-state index in [0.29, 0.717) is 11.8 Å². The third-order valence-electron chi connectivity index (χ3n) is 5.01. The van der Waals surface area contributed by atoms with Crippen molar-refractivity contribution in [1.29, 1.82) is 0 Å². The third-order valence-corrected chi connectivity index (χ3v) is 5.01. The predicted octanol–water partition coefficient (Wildman–Crippen LogP) is 2.96. The molecule has 0 spiro atoms. The molecule has 0 aromatic heterocycles. The molecule has 114 valence electrons. The van der Waals surface area contributed by atoms with Gasteiger partial charge < -0.3 is 10.6 Å². The maximum Gasteiger partial charge on any atom is 0.225 e. The van der Waals surface area contributed by atoms with E-state index >= 15 is 0 Å². The summed E-state index contributed by atoms with van der Waals surface area (Å²) in [7, 11) is 0. The number of nitrogens with two attached hydrogens (primary N) is 1. The highest BCUT2D eigenvalue weighted by molar-refractivity contribution is 5.79. The molecule has 1 heterocycles. The summed E-state index contributed by atoms with van der Waals surface area (Å²) in [6, 6.07) is 0. The molecule has 1 saturated carbocycles. The Morgan fingerprint density at radius 3 is 2.40 bits per heavy atom. The highest BCUT2D eigenvalue weighted by atomic mass is 16.2. The van der Waals surface area contributed by atoms with Crippen LogP contribution in [0.25, 0.3) is 0 Å². The number of carbonyl (C=O) groups is 1. The van der Waals surface area contributed by atoms with Crippen LogP contribution in [0.4, 0.5) is 0 Å². The molecule has 20 heavy (non-hydrogen) atoms. The Morgan fingerprint density at radius 2 is 1.95 bits per heavy atom. The van der Waals surface area contributed by atoms with E-state index < -0.39 is 0 Å². The van der Waals surface area contributed by atoms with Crippen LogP contribution < -0.4 is 5.73 Å². The van der Waals surface area contributed by atoms with Gasteiger partial charge in [0.2, 0.25) is 5.91 Å². The number of amides is 1. The monoisotopic (exact) mass is 278 g/mol. The lowest BCUT2D eigenvalue weighted by Crippen LogP contribution is -2.41. The summed E-state index contributed by atoms with van der Waals surface area (Å²) in [6.45, 7) is 9.25. The molecule has 0 unspecified atom stereocenters. The minimum absolute atomic E-state index is 0.244. The molecule has 1 aliphatic carbocycles. The second-order valence-electron chi connectivity index (χ2n) is 7.47. The molecule has 0 aromatic carbocycles. The van der Waals surface area contributed by atoms with Crippen LogP contribution in [0.2, 0.25) is 0 Å². The first kappa shape index (κ1) is 15.6. The van der Waals surface area contributed by atoms with Crippen LogP contribution in [0.15, 0.2) is 11.6 Å². The fraction of sp³-hybridized carbons (Fsp3) is 0.824. The van der Waals surface area contributed by atoms with E-state index in [0.717, 1.165) is 51.7 Å². The van der Waals surface area contributed by atoms with Gasteiger partial charge in [0.25, 0.3) is 0 Å². The molecular formula is C17H30N2O. The summed E-state index contributed by atoms with van der Waals surface area (Å²) in [5.41, 5.74) is 7.46. The minimum Gasteiger partial charge on any atom is -0.338 e. The van der Waals surface area contributed by atoms with Gasteiger partial charge in [-0.2, -0.15) is 0 Å². The number of rotatable bonds is 2. The van der Waals surface area contributed by atoms with Gasteiger partial charge in [-0.3, -0.25) is 4.79 Å². The Balaban J connectivity index is 1.88. The smallest absolute Gasteiger partial charge is 0.225 e. The lowest BCUT2D eigenvalue weighted by atomic mass is 9.80. The molecule has 1 amide bonds.